The van der Waals surface area contributed by atoms with Crippen LogP contribution in [-0.2, 0) is 19.3 Å². The lowest BCUT2D eigenvalue weighted by Crippen LogP contribution is -2.54. The van der Waals surface area contributed by atoms with Crippen molar-refractivity contribution >= 4 is 5.78 Å². The zero-order valence-corrected chi connectivity index (χ0v) is 31.2. The molecular weight excluding hydrogens is 558 g/mol. The molecule has 0 N–H and O–H groups in total. The first-order valence-corrected chi connectivity index (χ1v) is 18.0. The Balaban J connectivity index is 2.01. The van der Waals surface area contributed by atoms with Gasteiger partial charge in [-0.15, -0.1) is 0 Å². The van der Waals surface area contributed by atoms with E-state index in [2.05, 4.69) is 67.5 Å². The maximum Gasteiger partial charge on any atom is 0.247 e. The van der Waals surface area contributed by atoms with Gasteiger partial charge in [0.25, 0.3) is 0 Å². The topological polar surface area (TPSA) is 68.6 Å². The Hall–Kier alpha value is -1.74. The molecule has 0 bridgehead atoms. The van der Waals surface area contributed by atoms with E-state index in [1.165, 1.54) is 56.9 Å². The van der Waals surface area contributed by atoms with Crippen molar-refractivity contribution in [2.45, 2.75) is 184 Å². The molecule has 256 valence electrons. The minimum absolute atomic E-state index is 0.0280. The van der Waals surface area contributed by atoms with Crippen LogP contribution in [0.4, 0.5) is 0 Å². The van der Waals surface area contributed by atoms with E-state index in [0.29, 0.717) is 29.6 Å². The highest BCUT2D eigenvalue weighted by Crippen LogP contribution is 2.51. The second-order valence-corrected chi connectivity index (χ2v) is 16.1. The Labute approximate surface area is 277 Å². The van der Waals surface area contributed by atoms with Gasteiger partial charge in [-0.2, -0.15) is 10.1 Å². The van der Waals surface area contributed by atoms with Crippen molar-refractivity contribution in [1.82, 2.24) is 0 Å². The van der Waals surface area contributed by atoms with Gasteiger partial charge in [-0.1, -0.05) is 98.1 Å². The fourth-order valence-electron chi connectivity index (χ4n) is 7.09. The van der Waals surface area contributed by atoms with Crippen molar-refractivity contribution in [1.29, 1.82) is 5.26 Å². The lowest BCUT2D eigenvalue weighted by atomic mass is 9.75. The summed E-state index contributed by atoms with van der Waals surface area (Å²) in [5.74, 6) is 1.41. The minimum Gasteiger partial charge on any atom is -0.334 e. The van der Waals surface area contributed by atoms with Crippen LogP contribution in [0.15, 0.2) is 33.9 Å². The van der Waals surface area contributed by atoms with Crippen LogP contribution in [0.2, 0.25) is 0 Å². The van der Waals surface area contributed by atoms with Crippen molar-refractivity contribution in [3.63, 3.8) is 0 Å². The van der Waals surface area contributed by atoms with Crippen LogP contribution in [0, 0.1) is 35.0 Å². The molecule has 0 aromatic carbocycles. The summed E-state index contributed by atoms with van der Waals surface area (Å²) in [6.45, 7) is 25.3. The standard InChI is InChI=1S/C40H67NO4/c1-28(2)16-13-17-30(5)18-14-19-31(6)20-15-21-32(7)22-24-38(11)25-23-36-34(9)37(42)33(8)35(10)40(36,43-38)45-44-39(12,27-41)26-29(3)4/h22,28-31H,13-21,23-26H2,1-12H3/b32-22+. The molecule has 0 radical (unpaired) electrons. The van der Waals surface area contributed by atoms with Gasteiger partial charge in [0.05, 0.1) is 5.60 Å². The zero-order chi connectivity index (χ0) is 34.0. The highest BCUT2D eigenvalue weighted by atomic mass is 17.2. The first kappa shape index (κ1) is 39.4. The SMILES string of the molecule is CC1=C(C)C2(OOC(C)(C#N)CC(C)C)OC(C)(C/C=C(\C)CCCC(C)CCCC(C)CCCC(C)C)CCC2=C(C)C1=O. The van der Waals surface area contributed by atoms with Gasteiger partial charge in [-0.05, 0) is 109 Å². The predicted octanol–water partition coefficient (Wildman–Crippen LogP) is 11.5. The number of rotatable bonds is 19. The van der Waals surface area contributed by atoms with E-state index in [1.807, 2.05) is 20.8 Å². The van der Waals surface area contributed by atoms with Crippen LogP contribution >= 0.6 is 0 Å². The van der Waals surface area contributed by atoms with Gasteiger partial charge < -0.3 is 4.74 Å². The molecule has 5 nitrogen and oxygen atoms in total. The molecule has 1 saturated heterocycles. The number of ether oxygens (including phenoxy) is 1. The molecule has 0 amide bonds. The molecule has 0 saturated carbocycles. The molecule has 5 unspecified atom stereocenters. The molecular formula is C40H67NO4. The number of hydrogen-bond acceptors (Lipinski definition) is 5. The van der Waals surface area contributed by atoms with E-state index >= 15 is 0 Å². The summed E-state index contributed by atoms with van der Waals surface area (Å²) in [4.78, 5) is 25.3. The quantitative estimate of drug-likeness (QED) is 0.0811. The van der Waals surface area contributed by atoms with E-state index in [1.54, 1.807) is 6.92 Å². The third-order valence-corrected chi connectivity index (χ3v) is 10.3. The number of ketones is 1. The molecule has 2 rings (SSSR count). The molecule has 1 aliphatic heterocycles. The van der Waals surface area contributed by atoms with Crippen molar-refractivity contribution < 1.29 is 19.3 Å². The third kappa shape index (κ3) is 11.5. The Morgan fingerprint density at radius 1 is 0.956 bits per heavy atom. The summed E-state index contributed by atoms with van der Waals surface area (Å²) in [5, 5.41) is 9.95. The normalized spacial score (nSPS) is 25.4. The van der Waals surface area contributed by atoms with Crippen LogP contribution in [0.1, 0.15) is 167 Å². The average Bonchev–Trinajstić information content (AvgIpc) is 2.96. The maximum absolute atomic E-state index is 13.1. The number of allylic oxidation sites excluding steroid dienone is 3. The van der Waals surface area contributed by atoms with E-state index in [9.17, 15) is 10.1 Å². The highest BCUT2D eigenvalue weighted by molar-refractivity contribution is 6.10. The summed E-state index contributed by atoms with van der Waals surface area (Å²) in [6, 6.07) is 2.29. The van der Waals surface area contributed by atoms with Gasteiger partial charge in [-0.25, -0.2) is 4.89 Å². The fraction of sp³-hybridized carbons (Fsp3) is 0.800. The lowest BCUT2D eigenvalue weighted by Gasteiger charge is -2.50. The number of hydrogen-bond donors (Lipinski definition) is 0. The van der Waals surface area contributed by atoms with Gasteiger partial charge in [0.15, 0.2) is 11.4 Å². The first-order chi connectivity index (χ1) is 21.0. The van der Waals surface area contributed by atoms with E-state index in [4.69, 9.17) is 14.5 Å². The van der Waals surface area contributed by atoms with Crippen LogP contribution in [0.5, 0.6) is 0 Å². The van der Waals surface area contributed by atoms with Crippen molar-refractivity contribution in [3.8, 4) is 6.07 Å². The summed E-state index contributed by atoms with van der Waals surface area (Å²) >= 11 is 0. The Kier molecular flexibility index (Phi) is 15.3. The van der Waals surface area contributed by atoms with Gasteiger partial charge in [0, 0.05) is 16.7 Å². The molecule has 1 aliphatic carbocycles. The molecule has 0 aromatic rings. The van der Waals surface area contributed by atoms with Crippen LogP contribution in [0.3, 0.4) is 0 Å². The van der Waals surface area contributed by atoms with Crippen LogP contribution in [-0.4, -0.2) is 22.8 Å². The summed E-state index contributed by atoms with van der Waals surface area (Å²) < 4.78 is 6.94. The Bertz CT molecular complexity index is 1120. The van der Waals surface area contributed by atoms with Crippen LogP contribution < -0.4 is 0 Å². The average molecular weight is 626 g/mol. The van der Waals surface area contributed by atoms with Gasteiger partial charge in [-0.3, -0.25) is 4.79 Å². The third-order valence-electron chi connectivity index (χ3n) is 10.3. The monoisotopic (exact) mass is 626 g/mol. The minimum atomic E-state index is -1.31. The van der Waals surface area contributed by atoms with Crippen molar-refractivity contribution in [3.05, 3.63) is 33.9 Å². The summed E-state index contributed by atoms with van der Waals surface area (Å²) in [7, 11) is 0. The van der Waals surface area contributed by atoms with E-state index in [-0.39, 0.29) is 11.7 Å². The smallest absolute Gasteiger partial charge is 0.247 e. The molecule has 2 aliphatic rings. The molecule has 0 spiro atoms. The van der Waals surface area contributed by atoms with Gasteiger partial charge >= 0.3 is 0 Å². The first-order valence-electron chi connectivity index (χ1n) is 18.0. The van der Waals surface area contributed by atoms with E-state index < -0.39 is 17.0 Å². The number of Topliss-reactive ketones (excluding diaryl/α,β-unsaturated/α-hetero) is 1. The van der Waals surface area contributed by atoms with Crippen molar-refractivity contribution in [2.24, 2.45) is 23.7 Å². The molecule has 1 heterocycles. The number of carbonyl (C=O) groups excluding carboxylic acids is 1. The molecule has 5 heteroatoms. The lowest BCUT2D eigenvalue weighted by molar-refractivity contribution is -0.452. The number of nitrogens with zero attached hydrogens (tertiary/aromatic N) is 1. The zero-order valence-electron chi connectivity index (χ0n) is 31.2. The largest absolute Gasteiger partial charge is 0.334 e. The Morgan fingerprint density at radius 3 is 2.09 bits per heavy atom. The second kappa shape index (κ2) is 17.4. The van der Waals surface area contributed by atoms with Crippen LogP contribution in [0.25, 0.3) is 0 Å². The summed E-state index contributed by atoms with van der Waals surface area (Å²) in [6.07, 6.45) is 16.8. The second-order valence-electron chi connectivity index (χ2n) is 16.1. The highest BCUT2D eigenvalue weighted by Gasteiger charge is 2.54. The number of fused-ring (bicyclic) bond motifs is 1. The predicted molar refractivity (Wildman–Crippen MR) is 186 cm³/mol. The fourth-order valence-corrected chi connectivity index (χ4v) is 7.09. The molecule has 5 atom stereocenters. The number of carbonyl (C=O) groups is 1. The van der Waals surface area contributed by atoms with E-state index in [0.717, 1.165) is 42.6 Å². The Morgan fingerprint density at radius 2 is 1.53 bits per heavy atom. The molecule has 1 fully saturated rings. The van der Waals surface area contributed by atoms with Gasteiger partial charge in [0.2, 0.25) is 5.79 Å². The van der Waals surface area contributed by atoms with Gasteiger partial charge in [0.1, 0.15) is 6.07 Å². The number of nitriles is 1. The molecule has 45 heavy (non-hydrogen) atoms. The van der Waals surface area contributed by atoms with Crippen molar-refractivity contribution in [2.75, 3.05) is 0 Å². The maximum atomic E-state index is 13.1. The molecule has 0 aromatic heterocycles. The summed E-state index contributed by atoms with van der Waals surface area (Å²) in [5.41, 5.74) is 2.57.